The third kappa shape index (κ3) is 4.30. The molecular weight excluding hydrogens is 232 g/mol. The van der Waals surface area contributed by atoms with E-state index in [9.17, 15) is 9.59 Å². The number of rotatable bonds is 3. The Morgan fingerprint density at radius 3 is 2.56 bits per heavy atom. The first-order chi connectivity index (χ1) is 8.67. The van der Waals surface area contributed by atoms with E-state index in [1.165, 1.54) is 0 Å². The third-order valence-corrected chi connectivity index (χ3v) is 1.96. The standard InChI is InChI=1S/C14H14O4/c1-3-17-13(15)9-8-11-6-5-7-12(10-11)14(16)18-4-2/h5-7,10H,3-4H2,1-2H3. The van der Waals surface area contributed by atoms with Crippen molar-refractivity contribution in [2.24, 2.45) is 0 Å². The molecule has 0 aliphatic rings. The van der Waals surface area contributed by atoms with Crippen LogP contribution in [-0.4, -0.2) is 25.2 Å². The van der Waals surface area contributed by atoms with E-state index in [2.05, 4.69) is 16.6 Å². The van der Waals surface area contributed by atoms with Crippen molar-refractivity contribution in [1.29, 1.82) is 0 Å². The summed E-state index contributed by atoms with van der Waals surface area (Å²) in [6.07, 6.45) is 0. The fourth-order valence-electron chi connectivity index (χ4n) is 1.23. The van der Waals surface area contributed by atoms with Gasteiger partial charge in [-0.1, -0.05) is 12.0 Å². The lowest BCUT2D eigenvalue weighted by Crippen LogP contribution is -2.04. The predicted octanol–water partition coefficient (Wildman–Crippen LogP) is 1.78. The maximum absolute atomic E-state index is 11.5. The number of carbonyl (C=O) groups excluding carboxylic acids is 2. The van der Waals surface area contributed by atoms with Crippen LogP contribution in [0.1, 0.15) is 29.8 Å². The second kappa shape index (κ2) is 7.13. The quantitative estimate of drug-likeness (QED) is 0.602. The molecule has 0 fully saturated rings. The van der Waals surface area contributed by atoms with Crippen LogP contribution in [0.3, 0.4) is 0 Å². The zero-order valence-corrected chi connectivity index (χ0v) is 10.4. The van der Waals surface area contributed by atoms with E-state index in [0.717, 1.165) is 0 Å². The average molecular weight is 246 g/mol. The molecule has 94 valence electrons. The van der Waals surface area contributed by atoms with Crippen LogP contribution in [0.2, 0.25) is 0 Å². The van der Waals surface area contributed by atoms with Crippen molar-refractivity contribution < 1.29 is 19.1 Å². The van der Waals surface area contributed by atoms with Gasteiger partial charge in [-0.3, -0.25) is 0 Å². The van der Waals surface area contributed by atoms with Gasteiger partial charge >= 0.3 is 11.9 Å². The number of carbonyl (C=O) groups is 2. The molecule has 0 amide bonds. The Labute approximate surface area is 106 Å². The van der Waals surface area contributed by atoms with Gasteiger partial charge < -0.3 is 9.47 Å². The molecule has 0 bridgehead atoms. The largest absolute Gasteiger partial charge is 0.462 e. The van der Waals surface area contributed by atoms with Crippen molar-refractivity contribution in [2.45, 2.75) is 13.8 Å². The molecule has 0 N–H and O–H groups in total. The van der Waals surface area contributed by atoms with Crippen LogP contribution in [0.5, 0.6) is 0 Å². The fourth-order valence-corrected chi connectivity index (χ4v) is 1.23. The van der Waals surface area contributed by atoms with Gasteiger partial charge in [-0.25, -0.2) is 9.59 Å². The molecule has 0 heterocycles. The highest BCUT2D eigenvalue weighted by molar-refractivity contribution is 5.91. The second-order valence-electron chi connectivity index (χ2n) is 3.27. The van der Waals surface area contributed by atoms with Gasteiger partial charge in [0.1, 0.15) is 0 Å². The third-order valence-electron chi connectivity index (χ3n) is 1.96. The lowest BCUT2D eigenvalue weighted by molar-refractivity contribution is -0.136. The maximum Gasteiger partial charge on any atom is 0.384 e. The molecule has 18 heavy (non-hydrogen) atoms. The Kier molecular flexibility index (Phi) is 5.46. The molecule has 0 atom stereocenters. The van der Waals surface area contributed by atoms with Crippen molar-refractivity contribution in [2.75, 3.05) is 13.2 Å². The molecule has 4 heteroatoms. The van der Waals surface area contributed by atoms with E-state index in [1.54, 1.807) is 38.1 Å². The smallest absolute Gasteiger partial charge is 0.384 e. The second-order valence-corrected chi connectivity index (χ2v) is 3.27. The Balaban J connectivity index is 2.82. The van der Waals surface area contributed by atoms with Crippen LogP contribution >= 0.6 is 0 Å². The lowest BCUT2D eigenvalue weighted by Gasteiger charge is -2.01. The molecule has 0 saturated carbocycles. The highest BCUT2D eigenvalue weighted by Gasteiger charge is 2.05. The van der Waals surface area contributed by atoms with Crippen LogP contribution in [0, 0.1) is 11.8 Å². The van der Waals surface area contributed by atoms with Crippen LogP contribution in [0.4, 0.5) is 0 Å². The van der Waals surface area contributed by atoms with Gasteiger partial charge in [0.05, 0.1) is 18.8 Å². The predicted molar refractivity (Wildman–Crippen MR) is 65.9 cm³/mol. The van der Waals surface area contributed by atoms with Gasteiger partial charge in [0.25, 0.3) is 0 Å². The Morgan fingerprint density at radius 1 is 1.17 bits per heavy atom. The zero-order chi connectivity index (χ0) is 13.4. The Hall–Kier alpha value is -2.28. The molecule has 1 aromatic rings. The number of ether oxygens (including phenoxy) is 2. The van der Waals surface area contributed by atoms with E-state index in [4.69, 9.17) is 4.74 Å². The number of benzene rings is 1. The minimum atomic E-state index is -0.584. The van der Waals surface area contributed by atoms with Crippen LogP contribution < -0.4 is 0 Å². The van der Waals surface area contributed by atoms with Crippen LogP contribution in [0.25, 0.3) is 0 Å². The average Bonchev–Trinajstić information content (AvgIpc) is 2.37. The van der Waals surface area contributed by atoms with Crippen molar-refractivity contribution >= 4 is 11.9 Å². The van der Waals surface area contributed by atoms with Gasteiger partial charge in [-0.15, -0.1) is 0 Å². The Morgan fingerprint density at radius 2 is 1.89 bits per heavy atom. The molecule has 1 aromatic carbocycles. The highest BCUT2D eigenvalue weighted by atomic mass is 16.5. The Bertz CT molecular complexity index is 494. The van der Waals surface area contributed by atoms with E-state index < -0.39 is 11.9 Å². The van der Waals surface area contributed by atoms with E-state index in [0.29, 0.717) is 17.7 Å². The van der Waals surface area contributed by atoms with Crippen molar-refractivity contribution in [3.8, 4) is 11.8 Å². The minimum Gasteiger partial charge on any atom is -0.462 e. The van der Waals surface area contributed by atoms with Gasteiger partial charge in [0, 0.05) is 11.5 Å². The summed E-state index contributed by atoms with van der Waals surface area (Å²) in [5.74, 6) is 3.98. The fraction of sp³-hybridized carbons (Fsp3) is 0.286. The number of hydrogen-bond acceptors (Lipinski definition) is 4. The van der Waals surface area contributed by atoms with Crippen molar-refractivity contribution in [1.82, 2.24) is 0 Å². The zero-order valence-electron chi connectivity index (χ0n) is 10.4. The lowest BCUT2D eigenvalue weighted by atomic mass is 10.1. The first kappa shape index (κ1) is 13.8. The van der Waals surface area contributed by atoms with Crippen LogP contribution in [0.15, 0.2) is 24.3 Å². The molecule has 0 aromatic heterocycles. The highest BCUT2D eigenvalue weighted by Crippen LogP contribution is 2.05. The minimum absolute atomic E-state index is 0.288. The molecule has 0 aliphatic heterocycles. The summed E-state index contributed by atoms with van der Waals surface area (Å²) in [5.41, 5.74) is 0.973. The normalized spacial score (nSPS) is 9.00. The van der Waals surface area contributed by atoms with Crippen molar-refractivity contribution in [3.63, 3.8) is 0 Å². The van der Waals surface area contributed by atoms with Gasteiger partial charge in [-0.05, 0) is 32.0 Å². The van der Waals surface area contributed by atoms with E-state index >= 15 is 0 Å². The molecule has 0 unspecified atom stereocenters. The summed E-state index contributed by atoms with van der Waals surface area (Å²) in [6, 6.07) is 6.59. The number of esters is 2. The molecule has 4 nitrogen and oxygen atoms in total. The van der Waals surface area contributed by atoms with E-state index in [1.807, 2.05) is 0 Å². The molecule has 0 aliphatic carbocycles. The summed E-state index contributed by atoms with van der Waals surface area (Å²) < 4.78 is 9.54. The van der Waals surface area contributed by atoms with Gasteiger partial charge in [-0.2, -0.15) is 0 Å². The molecule has 0 radical (unpaired) electrons. The molecule has 0 spiro atoms. The summed E-state index contributed by atoms with van der Waals surface area (Å²) in [5, 5.41) is 0. The molecule has 0 saturated heterocycles. The SMILES string of the molecule is CCOC(=O)C#Cc1cccc(C(=O)OCC)c1. The summed E-state index contributed by atoms with van der Waals surface area (Å²) >= 11 is 0. The van der Waals surface area contributed by atoms with Crippen molar-refractivity contribution in [3.05, 3.63) is 35.4 Å². The van der Waals surface area contributed by atoms with Crippen LogP contribution in [-0.2, 0) is 14.3 Å². The number of hydrogen-bond donors (Lipinski definition) is 0. The molecule has 1 rings (SSSR count). The summed E-state index contributed by atoms with van der Waals surface area (Å²) in [6.45, 7) is 4.05. The maximum atomic E-state index is 11.5. The molecular formula is C14H14O4. The van der Waals surface area contributed by atoms with Gasteiger partial charge in [0.15, 0.2) is 0 Å². The first-order valence-electron chi connectivity index (χ1n) is 5.63. The summed E-state index contributed by atoms with van der Waals surface area (Å²) in [7, 11) is 0. The van der Waals surface area contributed by atoms with Gasteiger partial charge in [0.2, 0.25) is 0 Å². The topological polar surface area (TPSA) is 52.6 Å². The first-order valence-corrected chi connectivity index (χ1v) is 5.63. The summed E-state index contributed by atoms with van der Waals surface area (Å²) in [4.78, 5) is 22.5. The monoisotopic (exact) mass is 246 g/mol. The van der Waals surface area contributed by atoms with E-state index in [-0.39, 0.29) is 6.61 Å².